The first-order valence-corrected chi connectivity index (χ1v) is 7.17. The second kappa shape index (κ2) is 7.70. The highest BCUT2D eigenvalue weighted by molar-refractivity contribution is 5.97. The fraction of sp³-hybridized carbons (Fsp3) is 0.167. The van der Waals surface area contributed by atoms with E-state index in [0.717, 1.165) is 17.0 Å². The molecular weight excluding hydrogens is 312 g/mol. The Morgan fingerprint density at radius 2 is 1.74 bits per heavy atom. The van der Waals surface area contributed by atoms with Crippen LogP contribution in [0.15, 0.2) is 67.0 Å². The summed E-state index contributed by atoms with van der Waals surface area (Å²) in [5, 5.41) is 0. The molecular formula is C18H19ClN2O2. The van der Waals surface area contributed by atoms with Crippen LogP contribution in [0.25, 0.3) is 0 Å². The molecule has 0 spiro atoms. The summed E-state index contributed by atoms with van der Waals surface area (Å²) in [5.74, 6) is 0.963. The maximum atomic E-state index is 12.2. The van der Waals surface area contributed by atoms with Crippen molar-refractivity contribution < 1.29 is 9.53 Å². The average molecular weight is 331 g/mol. The number of rotatable bonds is 5. The van der Waals surface area contributed by atoms with E-state index in [4.69, 9.17) is 4.74 Å². The lowest BCUT2D eigenvalue weighted by Gasteiger charge is -2.21. The van der Waals surface area contributed by atoms with Crippen LogP contribution in [0.1, 0.15) is 10.4 Å². The van der Waals surface area contributed by atoms with Gasteiger partial charge in [0, 0.05) is 23.7 Å². The summed E-state index contributed by atoms with van der Waals surface area (Å²) in [4.78, 5) is 16.3. The normalized spacial score (nSPS) is 12.9. The number of ketones is 1. The van der Waals surface area contributed by atoms with Crippen molar-refractivity contribution in [3.8, 4) is 5.75 Å². The summed E-state index contributed by atoms with van der Waals surface area (Å²) >= 11 is 0. The summed E-state index contributed by atoms with van der Waals surface area (Å²) in [5.41, 5.74) is 1.82. The summed E-state index contributed by atoms with van der Waals surface area (Å²) in [6, 6.07) is 17.3. The third-order valence-corrected chi connectivity index (χ3v) is 3.64. The van der Waals surface area contributed by atoms with E-state index >= 15 is 0 Å². The molecule has 0 fully saturated rings. The maximum absolute atomic E-state index is 12.2. The monoisotopic (exact) mass is 330 g/mol. The minimum Gasteiger partial charge on any atom is -0.497 e. The summed E-state index contributed by atoms with van der Waals surface area (Å²) < 4.78 is 5.16. The quantitative estimate of drug-likeness (QED) is 0.785. The van der Waals surface area contributed by atoms with Gasteiger partial charge in [-0.1, -0.05) is 30.3 Å². The van der Waals surface area contributed by atoms with Gasteiger partial charge in [0.15, 0.2) is 5.78 Å². The number of hydrogen-bond donors (Lipinski definition) is 0. The van der Waals surface area contributed by atoms with E-state index in [9.17, 15) is 4.79 Å². The van der Waals surface area contributed by atoms with Crippen LogP contribution < -0.4 is 9.64 Å². The van der Waals surface area contributed by atoms with Crippen molar-refractivity contribution in [3.05, 3.63) is 72.6 Å². The number of carbonyl (C=O) groups excluding carboxylic acids is 1. The van der Waals surface area contributed by atoms with Crippen LogP contribution in [-0.4, -0.2) is 31.0 Å². The van der Waals surface area contributed by atoms with Gasteiger partial charge in [0.05, 0.1) is 20.3 Å². The minimum absolute atomic E-state index is 0. The minimum atomic E-state index is 0. The standard InChI is InChI=1S/C18H18N2O2.ClH/c1-22-17-9-7-16(8-10-17)20-12-11-19(14-20)13-18(21)15-5-3-2-4-6-15;/h2-12H,13-14H2,1H3;1H. The molecule has 2 aromatic carbocycles. The summed E-state index contributed by atoms with van der Waals surface area (Å²) in [6.07, 6.45) is 3.94. The highest BCUT2D eigenvalue weighted by Crippen LogP contribution is 2.22. The molecule has 2 aromatic rings. The van der Waals surface area contributed by atoms with E-state index in [1.165, 1.54) is 0 Å². The Bertz CT molecular complexity index is 671. The van der Waals surface area contributed by atoms with Crippen molar-refractivity contribution >= 4 is 23.9 Å². The van der Waals surface area contributed by atoms with Crippen LogP contribution in [0, 0.1) is 0 Å². The van der Waals surface area contributed by atoms with Gasteiger partial charge in [0.1, 0.15) is 5.75 Å². The fourth-order valence-corrected chi connectivity index (χ4v) is 2.41. The van der Waals surface area contributed by atoms with E-state index in [1.807, 2.05) is 71.9 Å². The zero-order valence-corrected chi connectivity index (χ0v) is 13.7. The molecule has 0 saturated heterocycles. The Hall–Kier alpha value is -2.46. The van der Waals surface area contributed by atoms with Crippen molar-refractivity contribution in [2.75, 3.05) is 25.2 Å². The van der Waals surface area contributed by atoms with Crippen LogP contribution in [0.3, 0.4) is 0 Å². The molecule has 0 aromatic heterocycles. The van der Waals surface area contributed by atoms with Gasteiger partial charge in [-0.05, 0) is 24.3 Å². The van der Waals surface area contributed by atoms with Gasteiger partial charge >= 0.3 is 0 Å². The number of halogens is 1. The van der Waals surface area contributed by atoms with Crippen molar-refractivity contribution in [2.45, 2.75) is 0 Å². The fourth-order valence-electron chi connectivity index (χ4n) is 2.41. The second-order valence-electron chi connectivity index (χ2n) is 5.14. The Balaban J connectivity index is 0.00000192. The number of anilines is 1. The molecule has 0 saturated carbocycles. The Labute approximate surface area is 142 Å². The third kappa shape index (κ3) is 4.05. The number of carbonyl (C=O) groups is 1. The molecule has 0 N–H and O–H groups in total. The molecule has 3 rings (SSSR count). The van der Waals surface area contributed by atoms with Gasteiger partial charge in [0.2, 0.25) is 0 Å². The highest BCUT2D eigenvalue weighted by atomic mass is 35.5. The predicted octanol–water partition coefficient (Wildman–Crippen LogP) is 3.55. The average Bonchev–Trinajstić information content (AvgIpc) is 3.04. The van der Waals surface area contributed by atoms with Crippen LogP contribution >= 0.6 is 12.4 Å². The molecule has 23 heavy (non-hydrogen) atoms. The lowest BCUT2D eigenvalue weighted by Crippen LogP contribution is -2.29. The molecule has 0 bridgehead atoms. The molecule has 1 heterocycles. The largest absolute Gasteiger partial charge is 0.497 e. The zero-order valence-electron chi connectivity index (χ0n) is 12.9. The molecule has 0 unspecified atom stereocenters. The van der Waals surface area contributed by atoms with E-state index < -0.39 is 0 Å². The smallest absolute Gasteiger partial charge is 0.182 e. The Morgan fingerprint density at radius 3 is 2.39 bits per heavy atom. The molecule has 0 aliphatic carbocycles. The van der Waals surface area contributed by atoms with Gasteiger partial charge in [-0.25, -0.2) is 0 Å². The van der Waals surface area contributed by atoms with Gasteiger partial charge < -0.3 is 14.5 Å². The predicted molar refractivity (Wildman–Crippen MR) is 94.2 cm³/mol. The maximum Gasteiger partial charge on any atom is 0.182 e. The Morgan fingerprint density at radius 1 is 1.04 bits per heavy atom. The molecule has 0 amide bonds. The van der Waals surface area contributed by atoms with Crippen LogP contribution in [0.2, 0.25) is 0 Å². The first-order chi connectivity index (χ1) is 10.8. The summed E-state index contributed by atoms with van der Waals surface area (Å²) in [7, 11) is 1.65. The SMILES string of the molecule is COc1ccc(N2C=CN(CC(=O)c3ccccc3)C2)cc1.Cl. The first kappa shape index (κ1) is 16.9. The van der Waals surface area contributed by atoms with Crippen LogP contribution in [-0.2, 0) is 0 Å². The summed E-state index contributed by atoms with van der Waals surface area (Å²) in [6.45, 7) is 1.05. The molecule has 4 nitrogen and oxygen atoms in total. The number of Topliss-reactive ketones (excluding diaryl/α,β-unsaturated/α-hetero) is 1. The molecule has 0 radical (unpaired) electrons. The van der Waals surface area contributed by atoms with E-state index in [2.05, 4.69) is 4.90 Å². The van der Waals surface area contributed by atoms with Gasteiger partial charge in [0.25, 0.3) is 0 Å². The van der Waals surface area contributed by atoms with Gasteiger partial charge in [-0.15, -0.1) is 12.4 Å². The molecule has 0 atom stereocenters. The molecule has 5 heteroatoms. The first-order valence-electron chi connectivity index (χ1n) is 7.17. The van der Waals surface area contributed by atoms with Crippen molar-refractivity contribution in [1.82, 2.24) is 4.90 Å². The number of methoxy groups -OCH3 is 1. The number of benzene rings is 2. The van der Waals surface area contributed by atoms with E-state index in [0.29, 0.717) is 13.2 Å². The van der Waals surface area contributed by atoms with Crippen molar-refractivity contribution in [3.63, 3.8) is 0 Å². The highest BCUT2D eigenvalue weighted by Gasteiger charge is 2.17. The number of hydrogen-bond acceptors (Lipinski definition) is 4. The van der Waals surface area contributed by atoms with E-state index in [1.54, 1.807) is 7.11 Å². The van der Waals surface area contributed by atoms with Crippen molar-refractivity contribution in [1.29, 1.82) is 0 Å². The zero-order chi connectivity index (χ0) is 15.4. The van der Waals surface area contributed by atoms with Gasteiger partial charge in [-0.3, -0.25) is 4.79 Å². The van der Waals surface area contributed by atoms with Crippen LogP contribution in [0.5, 0.6) is 5.75 Å². The second-order valence-corrected chi connectivity index (χ2v) is 5.14. The lowest BCUT2D eigenvalue weighted by molar-refractivity contribution is 0.0959. The molecule has 120 valence electrons. The van der Waals surface area contributed by atoms with Crippen LogP contribution in [0.4, 0.5) is 5.69 Å². The number of nitrogens with zero attached hydrogens (tertiary/aromatic N) is 2. The molecule has 1 aliphatic rings. The third-order valence-electron chi connectivity index (χ3n) is 3.64. The van der Waals surface area contributed by atoms with E-state index in [-0.39, 0.29) is 18.2 Å². The number of ether oxygens (including phenoxy) is 1. The van der Waals surface area contributed by atoms with Gasteiger partial charge in [-0.2, -0.15) is 0 Å². The lowest BCUT2D eigenvalue weighted by atomic mass is 10.1. The molecule has 1 aliphatic heterocycles. The van der Waals surface area contributed by atoms with Crippen molar-refractivity contribution in [2.24, 2.45) is 0 Å². The Kier molecular flexibility index (Phi) is 5.66. The topological polar surface area (TPSA) is 32.8 Å².